The van der Waals surface area contributed by atoms with E-state index in [9.17, 15) is 15.3 Å². The summed E-state index contributed by atoms with van der Waals surface area (Å²) in [5.74, 6) is 0.649. The predicted octanol–water partition coefficient (Wildman–Crippen LogP) is 13.8. The van der Waals surface area contributed by atoms with E-state index in [1.54, 1.807) is 36.5 Å². The minimum atomic E-state index is -0.444. The van der Waals surface area contributed by atoms with Crippen molar-refractivity contribution in [2.45, 2.75) is 117 Å². The molecule has 0 aliphatic heterocycles. The lowest BCUT2D eigenvalue weighted by atomic mass is 9.74. The minimum absolute atomic E-state index is 0.138. The topological polar surface area (TPSA) is 60.7 Å². The van der Waals surface area contributed by atoms with Gasteiger partial charge in [-0.2, -0.15) is 0 Å². The van der Waals surface area contributed by atoms with Crippen LogP contribution in [0.2, 0.25) is 0 Å². The third kappa shape index (κ3) is 22.5. The zero-order chi connectivity index (χ0) is 35.1. The van der Waals surface area contributed by atoms with E-state index in [1.807, 2.05) is 116 Å². The van der Waals surface area contributed by atoms with Crippen LogP contribution in [0.15, 0.2) is 121 Å². The summed E-state index contributed by atoms with van der Waals surface area (Å²) >= 11 is 0. The predicted molar refractivity (Wildman–Crippen MR) is 196 cm³/mol. The Kier molecular flexibility index (Phi) is 39.6. The Morgan fingerprint density at radius 2 is 1.05 bits per heavy atom. The molecule has 0 bridgehead atoms. The molecule has 0 fully saturated rings. The Bertz CT molecular complexity index is 898. The van der Waals surface area contributed by atoms with Crippen LogP contribution in [0.25, 0.3) is 0 Å². The molecule has 244 valence electrons. The van der Waals surface area contributed by atoms with E-state index in [1.165, 1.54) is 0 Å². The third-order valence-electron chi connectivity index (χ3n) is 5.59. The van der Waals surface area contributed by atoms with Gasteiger partial charge >= 0.3 is 0 Å². The van der Waals surface area contributed by atoms with Crippen LogP contribution in [-0.2, 0) is 0 Å². The van der Waals surface area contributed by atoms with Crippen molar-refractivity contribution in [3.05, 3.63) is 121 Å². The van der Waals surface area contributed by atoms with Crippen molar-refractivity contribution in [1.29, 1.82) is 0 Å². The maximum Gasteiger partial charge on any atom is 0.119 e. The quantitative estimate of drug-likeness (QED) is 0.128. The van der Waals surface area contributed by atoms with Gasteiger partial charge in [0.1, 0.15) is 17.3 Å². The van der Waals surface area contributed by atoms with Crippen molar-refractivity contribution in [3.8, 4) is 0 Å². The first-order valence-electron chi connectivity index (χ1n) is 15.2. The summed E-state index contributed by atoms with van der Waals surface area (Å²) in [5.41, 5.74) is 2.38. The zero-order valence-electron chi connectivity index (χ0n) is 30.4. The van der Waals surface area contributed by atoms with E-state index in [0.717, 1.165) is 22.3 Å². The Labute approximate surface area is 263 Å². The number of aliphatic hydroxyl groups is 3. The molecule has 0 aromatic rings. The summed E-state index contributed by atoms with van der Waals surface area (Å²) in [5, 5.41) is 31.8. The number of allylic oxidation sites excluding steroid dienone is 12. The Balaban J connectivity index is -0.000000259. The molecule has 0 rings (SSSR count). The number of hydrogen-bond acceptors (Lipinski definition) is 3. The molecule has 0 aromatic carbocycles. The Morgan fingerprint density at radius 3 is 1.38 bits per heavy atom. The summed E-state index contributed by atoms with van der Waals surface area (Å²) in [6.07, 6.45) is 15.0. The number of rotatable bonds is 11. The van der Waals surface area contributed by atoms with Crippen molar-refractivity contribution in [2.24, 2.45) is 10.8 Å². The average molecular weight is 587 g/mol. The molecule has 3 heteroatoms. The van der Waals surface area contributed by atoms with E-state index in [4.69, 9.17) is 0 Å². The highest BCUT2D eigenvalue weighted by Gasteiger charge is 2.30. The molecular weight excluding hydrogens is 516 g/mol. The van der Waals surface area contributed by atoms with Gasteiger partial charge in [-0.05, 0) is 92.7 Å². The largest absolute Gasteiger partial charge is 0.508 e. The second-order valence-corrected chi connectivity index (χ2v) is 9.55. The molecule has 3 N–H and O–H groups in total. The van der Waals surface area contributed by atoms with Crippen LogP contribution >= 0.6 is 0 Å². The van der Waals surface area contributed by atoms with Crippen LogP contribution < -0.4 is 0 Å². The first-order valence-corrected chi connectivity index (χ1v) is 15.2. The average Bonchev–Trinajstić information content (AvgIpc) is 2.98. The summed E-state index contributed by atoms with van der Waals surface area (Å²) in [4.78, 5) is 0. The third-order valence-corrected chi connectivity index (χ3v) is 5.59. The molecular formula is C39H70O3. The van der Waals surface area contributed by atoms with Gasteiger partial charge in [0, 0.05) is 0 Å². The molecule has 3 nitrogen and oxygen atoms in total. The lowest BCUT2D eigenvalue weighted by Crippen LogP contribution is -2.20. The van der Waals surface area contributed by atoms with Crippen LogP contribution in [0.3, 0.4) is 0 Å². The van der Waals surface area contributed by atoms with E-state index in [-0.39, 0.29) is 22.7 Å². The van der Waals surface area contributed by atoms with Gasteiger partial charge in [-0.15, -0.1) is 19.7 Å². The van der Waals surface area contributed by atoms with Gasteiger partial charge in [-0.1, -0.05) is 119 Å². The molecule has 0 unspecified atom stereocenters. The fourth-order valence-corrected chi connectivity index (χ4v) is 3.67. The van der Waals surface area contributed by atoms with Gasteiger partial charge < -0.3 is 15.3 Å². The molecule has 42 heavy (non-hydrogen) atoms. The van der Waals surface area contributed by atoms with Crippen LogP contribution in [0.4, 0.5) is 0 Å². The van der Waals surface area contributed by atoms with Crippen molar-refractivity contribution in [3.63, 3.8) is 0 Å². The summed E-state index contributed by atoms with van der Waals surface area (Å²) in [6.45, 7) is 46.4. The van der Waals surface area contributed by atoms with Gasteiger partial charge in [0.15, 0.2) is 0 Å². The van der Waals surface area contributed by atoms with Crippen molar-refractivity contribution in [1.82, 2.24) is 0 Å². The highest BCUT2D eigenvalue weighted by molar-refractivity contribution is 5.39. The van der Waals surface area contributed by atoms with E-state index in [2.05, 4.69) is 32.9 Å². The maximum absolute atomic E-state index is 11.1. The van der Waals surface area contributed by atoms with Gasteiger partial charge in [0.2, 0.25) is 0 Å². The zero-order valence-corrected chi connectivity index (χ0v) is 30.4. The molecule has 0 heterocycles. The van der Waals surface area contributed by atoms with Gasteiger partial charge in [0.05, 0.1) is 0 Å². The maximum atomic E-state index is 11.1. The van der Waals surface area contributed by atoms with Crippen LogP contribution in [0, 0.1) is 10.8 Å². The molecule has 0 spiro atoms. The molecule has 0 aromatic heterocycles. The molecule has 0 amide bonds. The number of hydrogen-bond donors (Lipinski definition) is 3. The fraction of sp³-hybridized carbons (Fsp3) is 0.487. The van der Waals surface area contributed by atoms with Crippen LogP contribution in [0.5, 0.6) is 0 Å². The first kappa shape index (κ1) is 51.5. The molecule has 0 radical (unpaired) electrons. The van der Waals surface area contributed by atoms with Crippen LogP contribution in [0.1, 0.15) is 117 Å². The van der Waals surface area contributed by atoms with Gasteiger partial charge in [-0.25, -0.2) is 0 Å². The summed E-state index contributed by atoms with van der Waals surface area (Å²) < 4.78 is 0. The van der Waals surface area contributed by atoms with Gasteiger partial charge in [0.25, 0.3) is 0 Å². The monoisotopic (exact) mass is 587 g/mol. The summed E-state index contributed by atoms with van der Waals surface area (Å²) in [6, 6.07) is 0. The lowest BCUT2D eigenvalue weighted by Gasteiger charge is -2.31. The molecule has 0 saturated carbocycles. The molecule has 0 aliphatic rings. The Morgan fingerprint density at radius 1 is 0.643 bits per heavy atom. The van der Waals surface area contributed by atoms with Crippen LogP contribution in [-0.4, -0.2) is 15.3 Å². The SMILES string of the molecule is C=C.C=C/C=C(\C(O)=C/C=C)C(C)(C)C/C(C)=C(O)/C(=C\C)C(C)(C)C/C=C(O)/C(C)=C\C.C=CC.CC.CC.CC. The normalized spacial score (nSPS) is 12.8. The first-order chi connectivity index (χ1) is 19.7. The van der Waals surface area contributed by atoms with Crippen molar-refractivity contribution >= 4 is 0 Å². The van der Waals surface area contributed by atoms with Gasteiger partial charge in [-0.3, -0.25) is 0 Å². The fourth-order valence-electron chi connectivity index (χ4n) is 3.67. The van der Waals surface area contributed by atoms with E-state index in [0.29, 0.717) is 12.8 Å². The highest BCUT2D eigenvalue weighted by Crippen LogP contribution is 2.41. The smallest absolute Gasteiger partial charge is 0.119 e. The molecule has 0 aliphatic carbocycles. The summed E-state index contributed by atoms with van der Waals surface area (Å²) in [7, 11) is 0. The molecule has 0 saturated heterocycles. The highest BCUT2D eigenvalue weighted by atomic mass is 16.3. The van der Waals surface area contributed by atoms with E-state index < -0.39 is 5.41 Å². The van der Waals surface area contributed by atoms with E-state index >= 15 is 0 Å². The standard InChI is InChI=1S/C28H42O3.C3H6.3C2H6.C2H4/c1-11-15-23(25(30)16-12-2)28(9,10)19-21(6)26(31)22(14-4)27(7,8)18-17-24(29)20(5)13-3;1-3-2;4*1-2/h11-17,29-31H,1-2,18-19H2,3-10H3;3H,1H2,2H3;3*1-2H3;1-2H2/b20-13-,22-14+,23-15+,24-17-,25-16+,26-21-;;;;;. The minimum Gasteiger partial charge on any atom is -0.508 e. The second-order valence-electron chi connectivity index (χ2n) is 9.55. The van der Waals surface area contributed by atoms with Crippen molar-refractivity contribution < 1.29 is 15.3 Å². The second kappa shape index (κ2) is 32.3. The molecule has 0 atom stereocenters. The lowest BCUT2D eigenvalue weighted by molar-refractivity contribution is 0.334. The van der Waals surface area contributed by atoms with Crippen molar-refractivity contribution in [2.75, 3.05) is 0 Å². The number of aliphatic hydroxyl groups excluding tert-OH is 3. The Hall–Kier alpha value is -3.20.